The van der Waals surface area contributed by atoms with E-state index in [-0.39, 0.29) is 23.2 Å². The standard InChI is InChI=1S/C13H14F2N4O2/c1-19(12(20)10-6-11(16)18-17-10)7-8-2-4-9(5-3-8)21-13(14)15/h2-6,13H,7H2,1H3,(H3,16,17,18). The average molecular weight is 296 g/mol. The molecule has 8 heteroatoms. The Labute approximate surface area is 119 Å². The Hall–Kier alpha value is -2.64. The van der Waals surface area contributed by atoms with Gasteiger partial charge in [0.1, 0.15) is 17.3 Å². The zero-order valence-corrected chi connectivity index (χ0v) is 11.2. The maximum Gasteiger partial charge on any atom is 0.387 e. The maximum atomic E-state index is 12.1. The number of benzene rings is 1. The molecule has 1 heterocycles. The number of hydrogen-bond acceptors (Lipinski definition) is 4. The molecule has 6 nitrogen and oxygen atoms in total. The van der Waals surface area contributed by atoms with Gasteiger partial charge in [0.2, 0.25) is 0 Å². The van der Waals surface area contributed by atoms with Gasteiger partial charge in [-0.15, -0.1) is 0 Å². The number of nitrogens with two attached hydrogens (primary N) is 1. The number of carbonyl (C=O) groups excluding carboxylic acids is 1. The van der Waals surface area contributed by atoms with Gasteiger partial charge in [0.25, 0.3) is 5.91 Å². The van der Waals surface area contributed by atoms with E-state index in [1.165, 1.54) is 23.1 Å². The van der Waals surface area contributed by atoms with Crippen LogP contribution >= 0.6 is 0 Å². The first-order valence-corrected chi connectivity index (χ1v) is 6.06. The molecular weight excluding hydrogens is 282 g/mol. The van der Waals surface area contributed by atoms with Crippen LogP contribution in [0, 0.1) is 0 Å². The van der Waals surface area contributed by atoms with E-state index in [1.54, 1.807) is 19.2 Å². The maximum absolute atomic E-state index is 12.1. The number of alkyl halides is 2. The summed E-state index contributed by atoms with van der Waals surface area (Å²) in [5.41, 5.74) is 6.50. The van der Waals surface area contributed by atoms with Crippen molar-refractivity contribution in [2.45, 2.75) is 13.2 Å². The number of halogens is 2. The van der Waals surface area contributed by atoms with Gasteiger partial charge >= 0.3 is 6.61 Å². The monoisotopic (exact) mass is 296 g/mol. The first-order valence-electron chi connectivity index (χ1n) is 6.06. The van der Waals surface area contributed by atoms with Crippen molar-refractivity contribution in [1.82, 2.24) is 15.1 Å². The molecule has 112 valence electrons. The molecule has 3 N–H and O–H groups in total. The van der Waals surface area contributed by atoms with Crippen molar-refractivity contribution >= 4 is 11.7 Å². The van der Waals surface area contributed by atoms with Crippen molar-refractivity contribution in [3.63, 3.8) is 0 Å². The lowest BCUT2D eigenvalue weighted by Gasteiger charge is -2.16. The fourth-order valence-corrected chi connectivity index (χ4v) is 1.77. The van der Waals surface area contributed by atoms with Crippen LogP contribution < -0.4 is 10.5 Å². The van der Waals surface area contributed by atoms with Crippen LogP contribution in [-0.4, -0.2) is 34.7 Å². The van der Waals surface area contributed by atoms with E-state index in [4.69, 9.17) is 5.73 Å². The summed E-state index contributed by atoms with van der Waals surface area (Å²) in [6, 6.07) is 7.52. The van der Waals surface area contributed by atoms with Crippen LogP contribution in [0.3, 0.4) is 0 Å². The van der Waals surface area contributed by atoms with Gasteiger partial charge in [0.05, 0.1) is 0 Å². The molecule has 0 unspecified atom stereocenters. The van der Waals surface area contributed by atoms with Gasteiger partial charge < -0.3 is 15.4 Å². The lowest BCUT2D eigenvalue weighted by Crippen LogP contribution is -2.26. The van der Waals surface area contributed by atoms with Crippen LogP contribution in [0.2, 0.25) is 0 Å². The number of nitrogens with one attached hydrogen (secondary N) is 1. The zero-order chi connectivity index (χ0) is 15.4. The fourth-order valence-electron chi connectivity index (χ4n) is 1.77. The van der Waals surface area contributed by atoms with Crippen LogP contribution in [0.1, 0.15) is 16.1 Å². The number of H-pyrrole nitrogens is 1. The minimum absolute atomic E-state index is 0.0732. The summed E-state index contributed by atoms with van der Waals surface area (Å²) in [5.74, 6) is 0.0384. The number of aromatic nitrogens is 2. The van der Waals surface area contributed by atoms with Crippen LogP contribution in [0.15, 0.2) is 30.3 Å². The first-order chi connectivity index (χ1) is 9.95. The molecule has 21 heavy (non-hydrogen) atoms. The largest absolute Gasteiger partial charge is 0.435 e. The first kappa shape index (κ1) is 14.8. The van der Waals surface area contributed by atoms with Crippen LogP contribution in [-0.2, 0) is 6.54 Å². The average Bonchev–Trinajstić information content (AvgIpc) is 2.86. The van der Waals surface area contributed by atoms with Crippen LogP contribution in [0.4, 0.5) is 14.6 Å². The van der Waals surface area contributed by atoms with Crippen molar-refractivity contribution in [3.8, 4) is 5.75 Å². The molecule has 0 aliphatic heterocycles. The molecule has 0 aliphatic rings. The van der Waals surface area contributed by atoms with Gasteiger partial charge in [-0.3, -0.25) is 9.89 Å². The van der Waals surface area contributed by atoms with E-state index < -0.39 is 6.61 Å². The second kappa shape index (κ2) is 6.21. The number of nitrogens with zero attached hydrogens (tertiary/aromatic N) is 2. The second-order valence-electron chi connectivity index (χ2n) is 4.39. The molecule has 0 atom stereocenters. The highest BCUT2D eigenvalue weighted by atomic mass is 19.3. The third-order valence-corrected chi connectivity index (χ3v) is 2.74. The highest BCUT2D eigenvalue weighted by Gasteiger charge is 2.14. The normalized spacial score (nSPS) is 10.7. The molecule has 0 spiro atoms. The summed E-state index contributed by atoms with van der Waals surface area (Å²) < 4.78 is 28.3. The summed E-state index contributed by atoms with van der Waals surface area (Å²) in [4.78, 5) is 13.5. The zero-order valence-electron chi connectivity index (χ0n) is 11.2. The molecule has 1 aromatic carbocycles. The molecular formula is C13H14F2N4O2. The van der Waals surface area contributed by atoms with E-state index in [9.17, 15) is 13.6 Å². The Kier molecular flexibility index (Phi) is 4.36. The molecule has 0 saturated heterocycles. The molecule has 0 radical (unpaired) electrons. The number of carbonyl (C=O) groups is 1. The predicted molar refractivity (Wildman–Crippen MR) is 71.9 cm³/mol. The van der Waals surface area contributed by atoms with Gasteiger partial charge in [-0.1, -0.05) is 12.1 Å². The quantitative estimate of drug-likeness (QED) is 0.882. The van der Waals surface area contributed by atoms with E-state index >= 15 is 0 Å². The lowest BCUT2D eigenvalue weighted by molar-refractivity contribution is -0.0498. The van der Waals surface area contributed by atoms with Crippen molar-refractivity contribution in [3.05, 3.63) is 41.6 Å². The Morgan fingerprint density at radius 2 is 2.10 bits per heavy atom. The number of hydrogen-bond donors (Lipinski definition) is 2. The number of aromatic amines is 1. The Balaban J connectivity index is 1.99. The highest BCUT2D eigenvalue weighted by molar-refractivity contribution is 5.92. The number of amides is 1. The van der Waals surface area contributed by atoms with Crippen LogP contribution in [0.5, 0.6) is 5.75 Å². The smallest absolute Gasteiger partial charge is 0.387 e. The lowest BCUT2D eigenvalue weighted by atomic mass is 10.2. The molecule has 0 bridgehead atoms. The summed E-state index contributed by atoms with van der Waals surface area (Å²) >= 11 is 0. The topological polar surface area (TPSA) is 84.2 Å². The molecule has 0 saturated carbocycles. The van der Waals surface area contributed by atoms with Crippen molar-refractivity contribution in [2.75, 3.05) is 12.8 Å². The minimum atomic E-state index is -2.86. The Bertz CT molecular complexity index is 613. The Morgan fingerprint density at radius 3 is 2.62 bits per heavy atom. The molecule has 2 rings (SSSR count). The number of nitrogen functional groups attached to an aromatic ring is 1. The Morgan fingerprint density at radius 1 is 1.43 bits per heavy atom. The van der Waals surface area contributed by atoms with Gasteiger partial charge in [0.15, 0.2) is 0 Å². The van der Waals surface area contributed by atoms with E-state index in [2.05, 4.69) is 14.9 Å². The van der Waals surface area contributed by atoms with E-state index in [1.807, 2.05) is 0 Å². The van der Waals surface area contributed by atoms with Crippen molar-refractivity contribution in [2.24, 2.45) is 0 Å². The van der Waals surface area contributed by atoms with Crippen LogP contribution in [0.25, 0.3) is 0 Å². The molecule has 1 aromatic heterocycles. The van der Waals surface area contributed by atoms with Gasteiger partial charge in [-0.05, 0) is 17.7 Å². The second-order valence-corrected chi connectivity index (χ2v) is 4.39. The SMILES string of the molecule is CN(Cc1ccc(OC(F)F)cc1)C(=O)c1cc(N)n[nH]1. The van der Waals surface area contributed by atoms with Gasteiger partial charge in [-0.25, -0.2) is 0 Å². The number of ether oxygens (including phenoxy) is 1. The summed E-state index contributed by atoms with van der Waals surface area (Å²) in [7, 11) is 1.61. The van der Waals surface area contributed by atoms with Crippen molar-refractivity contribution in [1.29, 1.82) is 0 Å². The molecule has 0 aliphatic carbocycles. The molecule has 0 fully saturated rings. The molecule has 2 aromatic rings. The highest BCUT2D eigenvalue weighted by Crippen LogP contribution is 2.16. The predicted octanol–water partition coefficient (Wildman–Crippen LogP) is 1.87. The fraction of sp³-hybridized carbons (Fsp3) is 0.231. The van der Waals surface area contributed by atoms with E-state index in [0.29, 0.717) is 6.54 Å². The summed E-state index contributed by atoms with van der Waals surface area (Å²) in [6.45, 7) is -2.54. The third kappa shape index (κ3) is 3.91. The van der Waals surface area contributed by atoms with Gasteiger partial charge in [-0.2, -0.15) is 13.9 Å². The van der Waals surface area contributed by atoms with E-state index in [0.717, 1.165) is 5.56 Å². The minimum Gasteiger partial charge on any atom is -0.435 e. The summed E-state index contributed by atoms with van der Waals surface area (Å²) in [5, 5.41) is 6.22. The molecule has 1 amide bonds. The summed E-state index contributed by atoms with van der Waals surface area (Å²) in [6.07, 6.45) is 0. The third-order valence-electron chi connectivity index (χ3n) is 2.74. The van der Waals surface area contributed by atoms with Gasteiger partial charge in [0, 0.05) is 19.7 Å². The number of anilines is 1. The number of rotatable bonds is 5. The van der Waals surface area contributed by atoms with Crippen molar-refractivity contribution < 1.29 is 18.3 Å².